The molecule has 2 nitrogen and oxygen atoms in total. The van der Waals surface area contributed by atoms with Gasteiger partial charge in [0.15, 0.2) is 0 Å². The van der Waals surface area contributed by atoms with Gasteiger partial charge in [-0.2, -0.15) is 4.57 Å². The fourth-order valence-electron chi connectivity index (χ4n) is 2.23. The first-order chi connectivity index (χ1) is 8.27. The van der Waals surface area contributed by atoms with Crippen molar-refractivity contribution < 1.29 is 8.98 Å². The van der Waals surface area contributed by atoms with Crippen LogP contribution in [-0.2, 0) is 7.05 Å². The minimum atomic E-state index is 0.908. The van der Waals surface area contributed by atoms with Gasteiger partial charge >= 0.3 is 5.71 Å². The minimum Gasteiger partial charge on any atom is -0.413 e. The van der Waals surface area contributed by atoms with E-state index in [9.17, 15) is 0 Å². The summed E-state index contributed by atoms with van der Waals surface area (Å²) in [5, 5.41) is 1.13. The Hall–Kier alpha value is -2.09. The van der Waals surface area contributed by atoms with E-state index in [-0.39, 0.29) is 0 Å². The first kappa shape index (κ1) is 10.1. The normalized spacial score (nSPS) is 10.9. The lowest BCUT2D eigenvalue weighted by atomic mass is 10.0. The van der Waals surface area contributed by atoms with Gasteiger partial charge in [0, 0.05) is 11.6 Å². The van der Waals surface area contributed by atoms with Crippen LogP contribution in [0.4, 0.5) is 0 Å². The van der Waals surface area contributed by atoms with Gasteiger partial charge in [-0.25, -0.2) is 0 Å². The molecule has 2 aromatic heterocycles. The molecule has 3 aromatic rings. The van der Waals surface area contributed by atoms with E-state index in [0.29, 0.717) is 0 Å². The summed E-state index contributed by atoms with van der Waals surface area (Å²) in [6.07, 6.45) is 1.73. The highest BCUT2D eigenvalue weighted by Crippen LogP contribution is 2.22. The highest BCUT2D eigenvalue weighted by Gasteiger charge is 2.16. The van der Waals surface area contributed by atoms with Crippen molar-refractivity contribution in [3.8, 4) is 11.3 Å². The molecule has 0 unspecified atom stereocenters. The predicted octanol–water partition coefficient (Wildman–Crippen LogP) is 3.23. The molecule has 0 saturated heterocycles. The monoisotopic (exact) mass is 224 g/mol. The summed E-state index contributed by atoms with van der Waals surface area (Å²) in [5.41, 5.74) is 4.60. The molecule has 0 aliphatic rings. The van der Waals surface area contributed by atoms with Gasteiger partial charge in [-0.1, -0.05) is 18.2 Å². The van der Waals surface area contributed by atoms with Crippen LogP contribution >= 0.6 is 0 Å². The maximum atomic E-state index is 5.51. The molecule has 0 aliphatic carbocycles. The van der Waals surface area contributed by atoms with Crippen molar-refractivity contribution >= 4 is 11.1 Å². The van der Waals surface area contributed by atoms with Crippen molar-refractivity contribution in [2.75, 3.05) is 0 Å². The second kappa shape index (κ2) is 3.74. The van der Waals surface area contributed by atoms with Crippen LogP contribution in [0.15, 0.2) is 53.1 Å². The Kier molecular flexibility index (Phi) is 2.22. The highest BCUT2D eigenvalue weighted by atomic mass is 16.3. The van der Waals surface area contributed by atoms with Crippen LogP contribution in [0.2, 0.25) is 0 Å². The minimum absolute atomic E-state index is 0.908. The number of rotatable bonds is 1. The quantitative estimate of drug-likeness (QED) is 0.580. The summed E-state index contributed by atoms with van der Waals surface area (Å²) in [6.45, 7) is 2.13. The molecule has 0 fully saturated rings. The lowest BCUT2D eigenvalue weighted by molar-refractivity contribution is -0.640. The molecule has 0 aliphatic heterocycles. The van der Waals surface area contributed by atoms with E-state index < -0.39 is 0 Å². The number of benzene rings is 1. The summed E-state index contributed by atoms with van der Waals surface area (Å²) >= 11 is 0. The second-order valence-corrected chi connectivity index (χ2v) is 4.27. The number of fused-ring (bicyclic) bond motifs is 1. The van der Waals surface area contributed by atoms with Crippen molar-refractivity contribution in [1.82, 2.24) is 0 Å². The lowest BCUT2D eigenvalue weighted by Gasteiger charge is -2.03. The van der Waals surface area contributed by atoms with Crippen LogP contribution in [0.3, 0.4) is 0 Å². The maximum absolute atomic E-state index is 5.51. The van der Waals surface area contributed by atoms with E-state index in [1.165, 1.54) is 16.8 Å². The van der Waals surface area contributed by atoms with Gasteiger partial charge in [0.1, 0.15) is 7.05 Å². The van der Waals surface area contributed by atoms with Crippen LogP contribution in [-0.4, -0.2) is 0 Å². The summed E-state index contributed by atoms with van der Waals surface area (Å²) in [6, 6.07) is 14.6. The molecular weight excluding hydrogens is 210 g/mol. The number of nitrogens with zero attached hydrogens (tertiary/aromatic N) is 1. The zero-order chi connectivity index (χ0) is 11.8. The van der Waals surface area contributed by atoms with Crippen molar-refractivity contribution in [3.05, 3.63) is 54.3 Å². The van der Waals surface area contributed by atoms with E-state index in [0.717, 1.165) is 11.1 Å². The van der Waals surface area contributed by atoms with Crippen molar-refractivity contribution in [1.29, 1.82) is 0 Å². The Labute approximate surface area is 100 Å². The molecule has 0 amide bonds. The van der Waals surface area contributed by atoms with Crippen molar-refractivity contribution in [2.24, 2.45) is 7.05 Å². The maximum Gasteiger partial charge on any atom is 0.380 e. The average Bonchev–Trinajstić information content (AvgIpc) is 2.80. The molecule has 0 bridgehead atoms. The molecule has 0 N–H and O–H groups in total. The number of hydrogen-bond acceptors (Lipinski definition) is 1. The predicted molar refractivity (Wildman–Crippen MR) is 67.6 cm³/mol. The molecular formula is C15H14NO+. The summed E-state index contributed by atoms with van der Waals surface area (Å²) in [5.74, 6) is 0. The van der Waals surface area contributed by atoms with E-state index in [2.05, 4.69) is 47.9 Å². The highest BCUT2D eigenvalue weighted by molar-refractivity contribution is 5.73. The van der Waals surface area contributed by atoms with Gasteiger partial charge in [-0.15, -0.1) is 0 Å². The summed E-state index contributed by atoms with van der Waals surface area (Å²) in [4.78, 5) is 0. The molecule has 0 atom stereocenters. The molecule has 1 aromatic carbocycles. The molecule has 2 heterocycles. The number of furan rings is 1. The first-order valence-electron chi connectivity index (χ1n) is 5.69. The van der Waals surface area contributed by atoms with Crippen LogP contribution in [0.5, 0.6) is 0 Å². The van der Waals surface area contributed by atoms with E-state index in [1.807, 2.05) is 13.1 Å². The molecule has 84 valence electrons. The largest absolute Gasteiger partial charge is 0.413 e. The third kappa shape index (κ3) is 1.53. The van der Waals surface area contributed by atoms with Crippen LogP contribution in [0.25, 0.3) is 22.4 Å². The van der Waals surface area contributed by atoms with E-state index in [1.54, 1.807) is 6.26 Å². The number of aryl methyl sites for hydroxylation is 2. The Morgan fingerprint density at radius 2 is 1.82 bits per heavy atom. The Morgan fingerprint density at radius 1 is 1.00 bits per heavy atom. The smallest absolute Gasteiger partial charge is 0.380 e. The molecule has 0 radical (unpaired) electrons. The van der Waals surface area contributed by atoms with E-state index >= 15 is 0 Å². The molecule has 0 saturated carbocycles. The molecule has 0 spiro atoms. The van der Waals surface area contributed by atoms with Gasteiger partial charge < -0.3 is 4.42 Å². The van der Waals surface area contributed by atoms with Crippen LogP contribution in [0.1, 0.15) is 5.56 Å². The van der Waals surface area contributed by atoms with Gasteiger partial charge in [-0.3, -0.25) is 0 Å². The second-order valence-electron chi connectivity index (χ2n) is 4.27. The third-order valence-corrected chi connectivity index (χ3v) is 3.18. The van der Waals surface area contributed by atoms with Crippen molar-refractivity contribution in [3.63, 3.8) is 0 Å². The Balaban J connectivity index is 2.31. The van der Waals surface area contributed by atoms with Crippen LogP contribution < -0.4 is 4.57 Å². The Bertz CT molecular complexity index is 682. The van der Waals surface area contributed by atoms with Crippen LogP contribution in [0, 0.1) is 6.92 Å². The topological polar surface area (TPSA) is 17.0 Å². The fraction of sp³-hybridized carbons (Fsp3) is 0.133. The summed E-state index contributed by atoms with van der Waals surface area (Å²) in [7, 11) is 2.04. The van der Waals surface area contributed by atoms with Gasteiger partial charge in [0.25, 0.3) is 0 Å². The molecule has 17 heavy (non-hydrogen) atoms. The van der Waals surface area contributed by atoms with E-state index in [4.69, 9.17) is 4.42 Å². The fourth-order valence-corrected chi connectivity index (χ4v) is 2.23. The standard InChI is InChI=1S/C15H14NO/c1-11-5-3-4-6-13(11)14-8-7-12-9-10-17-15(12)16(14)2/h3-10H,1-2H3/q+1. The van der Waals surface area contributed by atoms with Crippen molar-refractivity contribution in [2.45, 2.75) is 6.92 Å². The number of pyridine rings is 1. The Morgan fingerprint density at radius 3 is 2.65 bits per heavy atom. The van der Waals surface area contributed by atoms with Gasteiger partial charge in [0.2, 0.25) is 5.69 Å². The molecule has 2 heteroatoms. The zero-order valence-electron chi connectivity index (χ0n) is 9.97. The summed E-state index contributed by atoms with van der Waals surface area (Å²) < 4.78 is 7.61. The van der Waals surface area contributed by atoms with Gasteiger partial charge in [-0.05, 0) is 30.7 Å². The third-order valence-electron chi connectivity index (χ3n) is 3.18. The molecule has 3 rings (SSSR count). The average molecular weight is 224 g/mol. The zero-order valence-corrected chi connectivity index (χ0v) is 9.97. The lowest BCUT2D eigenvalue weighted by Crippen LogP contribution is -2.31. The number of hydrogen-bond donors (Lipinski definition) is 0. The van der Waals surface area contributed by atoms with Gasteiger partial charge in [0.05, 0.1) is 11.6 Å². The first-order valence-corrected chi connectivity index (χ1v) is 5.69. The SMILES string of the molecule is Cc1ccccc1-c1ccc2ccoc2[n+]1C. The number of aromatic nitrogens is 1.